The van der Waals surface area contributed by atoms with Gasteiger partial charge in [0.05, 0.1) is 5.60 Å². The van der Waals surface area contributed by atoms with Crippen molar-refractivity contribution >= 4 is 11.7 Å². The molecule has 2 saturated heterocycles. The van der Waals surface area contributed by atoms with Crippen LogP contribution in [0, 0.1) is 17.8 Å². The Morgan fingerprint density at radius 1 is 1.00 bits per heavy atom. The van der Waals surface area contributed by atoms with Gasteiger partial charge in [-0.2, -0.15) is 0 Å². The second-order valence-corrected chi connectivity index (χ2v) is 11.4. The third kappa shape index (κ3) is 3.94. The molecule has 0 spiro atoms. The van der Waals surface area contributed by atoms with Crippen LogP contribution in [0.3, 0.4) is 0 Å². The number of amides is 1. The molecule has 6 fully saturated rings. The number of carbonyl (C=O) groups is 1. The molecule has 2 unspecified atom stereocenters. The summed E-state index contributed by atoms with van der Waals surface area (Å²) < 4.78 is 0. The third-order valence-electron chi connectivity index (χ3n) is 9.20. The van der Waals surface area contributed by atoms with Crippen molar-refractivity contribution < 1.29 is 9.90 Å². The van der Waals surface area contributed by atoms with Crippen LogP contribution in [0.2, 0.25) is 0 Å². The lowest BCUT2D eigenvalue weighted by atomic mass is 9.52. The van der Waals surface area contributed by atoms with Crippen LogP contribution in [0.1, 0.15) is 74.7 Å². The van der Waals surface area contributed by atoms with Crippen LogP contribution >= 0.6 is 0 Å². The molecule has 0 radical (unpaired) electrons. The van der Waals surface area contributed by atoms with Crippen LogP contribution in [0.4, 0.5) is 5.82 Å². The Hall–Kier alpha value is -1.66. The molecule has 2 N–H and O–H groups in total. The molecule has 32 heavy (non-hydrogen) atoms. The van der Waals surface area contributed by atoms with Gasteiger partial charge in [-0.3, -0.25) is 4.79 Å². The van der Waals surface area contributed by atoms with Gasteiger partial charge in [0.2, 0.25) is 0 Å². The first-order valence-electron chi connectivity index (χ1n) is 13.1. The summed E-state index contributed by atoms with van der Waals surface area (Å²) in [5.74, 6) is 2.40. The molecule has 6 nitrogen and oxygen atoms in total. The molecule has 6 aliphatic rings. The Labute approximate surface area is 191 Å². The summed E-state index contributed by atoms with van der Waals surface area (Å²) in [6, 6.07) is 6.79. The van der Waals surface area contributed by atoms with Crippen molar-refractivity contribution in [3.05, 3.63) is 23.9 Å². The summed E-state index contributed by atoms with van der Waals surface area (Å²) in [6.07, 6.45) is 11.4. The van der Waals surface area contributed by atoms with Gasteiger partial charge in [0.15, 0.2) is 0 Å². The molecular weight excluding hydrogens is 400 g/mol. The summed E-state index contributed by atoms with van der Waals surface area (Å²) in [5.41, 5.74) is 0.0733. The van der Waals surface area contributed by atoms with E-state index in [4.69, 9.17) is 4.98 Å². The zero-order chi connectivity index (χ0) is 21.7. The molecule has 7 rings (SSSR count). The second-order valence-electron chi connectivity index (χ2n) is 11.4. The number of aliphatic hydroxyl groups is 1. The van der Waals surface area contributed by atoms with Crippen molar-refractivity contribution in [1.82, 2.24) is 15.2 Å². The SMILES string of the molecule is O=C(N[C@H]1C2CC3CC1C[C@](O)(C3)C2)c1cccc(N2CCC(N3CCCCC3)CC2)n1. The standard InChI is InChI=1S/C26H38N4O2/c31-25(28-24-19-13-18-14-20(24)17-26(32,15-18)16-19)22-5-4-6-23(27-22)30-11-7-21(8-12-30)29-9-2-1-3-10-29/h4-6,18-21,24,32H,1-3,7-17H2,(H,28,31)/t18?,19?,20?,24-,26-. The van der Waals surface area contributed by atoms with Crippen molar-refractivity contribution in [2.24, 2.45) is 17.8 Å². The predicted molar refractivity (Wildman–Crippen MR) is 125 cm³/mol. The number of rotatable bonds is 4. The lowest BCUT2D eigenvalue weighted by Crippen LogP contribution is -2.61. The number of piperidine rings is 2. The molecule has 0 aromatic carbocycles. The number of carbonyl (C=O) groups excluding carboxylic acids is 1. The van der Waals surface area contributed by atoms with Gasteiger partial charge in [-0.15, -0.1) is 0 Å². The van der Waals surface area contributed by atoms with E-state index in [1.165, 1.54) is 45.2 Å². The number of anilines is 1. The average molecular weight is 439 g/mol. The molecule has 174 valence electrons. The van der Waals surface area contributed by atoms with Crippen LogP contribution < -0.4 is 10.2 Å². The fourth-order valence-electron chi connectivity index (χ4n) is 7.91. The Morgan fingerprint density at radius 2 is 1.72 bits per heavy atom. The molecule has 1 aromatic rings. The summed E-state index contributed by atoms with van der Waals surface area (Å²) in [4.78, 5) is 23.0. The van der Waals surface area contributed by atoms with Crippen molar-refractivity contribution in [3.8, 4) is 0 Å². The smallest absolute Gasteiger partial charge is 0.270 e. The lowest BCUT2D eigenvalue weighted by Gasteiger charge is -2.58. The van der Waals surface area contributed by atoms with E-state index >= 15 is 0 Å². The minimum atomic E-state index is -0.462. The first kappa shape index (κ1) is 20.9. The Balaban J connectivity index is 1.08. The van der Waals surface area contributed by atoms with Crippen molar-refractivity contribution in [2.45, 2.75) is 81.9 Å². The van der Waals surface area contributed by atoms with Crippen LogP contribution in [-0.2, 0) is 0 Å². The molecule has 6 heteroatoms. The van der Waals surface area contributed by atoms with E-state index in [0.29, 0.717) is 29.5 Å². The Kier molecular flexibility index (Phi) is 5.41. The van der Waals surface area contributed by atoms with Gasteiger partial charge in [0.25, 0.3) is 5.91 Å². The number of nitrogens with zero attached hydrogens (tertiary/aromatic N) is 3. The van der Waals surface area contributed by atoms with E-state index in [1.807, 2.05) is 12.1 Å². The number of likely N-dealkylation sites (tertiary alicyclic amines) is 1. The van der Waals surface area contributed by atoms with E-state index < -0.39 is 5.60 Å². The van der Waals surface area contributed by atoms with Crippen molar-refractivity contribution in [1.29, 1.82) is 0 Å². The third-order valence-corrected chi connectivity index (χ3v) is 9.20. The molecule has 4 bridgehead atoms. The van der Waals surface area contributed by atoms with Crippen LogP contribution in [0.5, 0.6) is 0 Å². The predicted octanol–water partition coefficient (Wildman–Crippen LogP) is 3.21. The summed E-state index contributed by atoms with van der Waals surface area (Å²) in [5, 5.41) is 14.2. The number of pyridine rings is 1. The molecule has 4 aliphatic carbocycles. The van der Waals surface area contributed by atoms with E-state index in [1.54, 1.807) is 0 Å². The number of aromatic nitrogens is 1. The Bertz CT molecular complexity index is 830. The first-order valence-corrected chi connectivity index (χ1v) is 13.1. The minimum Gasteiger partial charge on any atom is -0.390 e. The largest absolute Gasteiger partial charge is 0.390 e. The maximum absolute atomic E-state index is 13.1. The monoisotopic (exact) mass is 438 g/mol. The summed E-state index contributed by atoms with van der Waals surface area (Å²) in [6.45, 7) is 4.57. The van der Waals surface area contributed by atoms with Crippen molar-refractivity contribution in [2.75, 3.05) is 31.1 Å². The Morgan fingerprint density at radius 3 is 2.41 bits per heavy atom. The highest BCUT2D eigenvalue weighted by molar-refractivity contribution is 5.93. The van der Waals surface area contributed by atoms with Crippen LogP contribution in [0.25, 0.3) is 0 Å². The van der Waals surface area contributed by atoms with Crippen LogP contribution in [-0.4, -0.2) is 64.8 Å². The number of hydrogen-bond acceptors (Lipinski definition) is 5. The molecule has 1 amide bonds. The topological polar surface area (TPSA) is 68.7 Å². The molecule has 1 aromatic heterocycles. The van der Waals surface area contributed by atoms with E-state index in [0.717, 1.165) is 51.0 Å². The van der Waals surface area contributed by atoms with Gasteiger partial charge in [0, 0.05) is 25.2 Å². The van der Waals surface area contributed by atoms with E-state index in [9.17, 15) is 9.90 Å². The number of nitrogens with one attached hydrogen (secondary N) is 1. The van der Waals surface area contributed by atoms with Gasteiger partial charge in [0.1, 0.15) is 11.5 Å². The molecule has 2 aliphatic heterocycles. The van der Waals surface area contributed by atoms with E-state index in [-0.39, 0.29) is 11.9 Å². The fourth-order valence-corrected chi connectivity index (χ4v) is 7.91. The van der Waals surface area contributed by atoms with Gasteiger partial charge < -0.3 is 20.2 Å². The zero-order valence-corrected chi connectivity index (χ0v) is 19.2. The fraction of sp³-hybridized carbons (Fsp3) is 0.769. The maximum Gasteiger partial charge on any atom is 0.270 e. The number of hydrogen-bond donors (Lipinski definition) is 2. The van der Waals surface area contributed by atoms with Gasteiger partial charge >= 0.3 is 0 Å². The first-order chi connectivity index (χ1) is 15.6. The highest BCUT2D eigenvalue weighted by Gasteiger charge is 2.55. The van der Waals surface area contributed by atoms with Gasteiger partial charge in [-0.05, 0) is 101 Å². The van der Waals surface area contributed by atoms with Crippen molar-refractivity contribution in [3.63, 3.8) is 0 Å². The molecular formula is C26H38N4O2. The highest BCUT2D eigenvalue weighted by atomic mass is 16.3. The van der Waals surface area contributed by atoms with Crippen LogP contribution in [0.15, 0.2) is 18.2 Å². The van der Waals surface area contributed by atoms with E-state index in [2.05, 4.69) is 21.2 Å². The minimum absolute atomic E-state index is 0.0421. The molecule has 3 heterocycles. The summed E-state index contributed by atoms with van der Waals surface area (Å²) >= 11 is 0. The normalized spacial score (nSPS) is 37.6. The maximum atomic E-state index is 13.1. The molecule has 4 saturated carbocycles. The highest BCUT2D eigenvalue weighted by Crippen LogP contribution is 2.55. The zero-order valence-electron chi connectivity index (χ0n) is 19.2. The molecule has 2 atom stereocenters. The second kappa shape index (κ2) is 8.28. The summed E-state index contributed by atoms with van der Waals surface area (Å²) in [7, 11) is 0. The van der Waals surface area contributed by atoms with Gasteiger partial charge in [-0.25, -0.2) is 4.98 Å². The average Bonchev–Trinajstić information content (AvgIpc) is 2.81. The lowest BCUT2D eigenvalue weighted by molar-refractivity contribution is -0.136. The van der Waals surface area contributed by atoms with Gasteiger partial charge in [-0.1, -0.05) is 12.5 Å². The quantitative estimate of drug-likeness (QED) is 0.756.